The first-order chi connectivity index (χ1) is 22.9. The summed E-state index contributed by atoms with van der Waals surface area (Å²) in [4.78, 5) is 12.7. The fraction of sp³-hybridized carbons (Fsp3) is 0.0833. The highest BCUT2D eigenvalue weighted by molar-refractivity contribution is 7.85. The summed E-state index contributed by atoms with van der Waals surface area (Å²) in [6, 6.07) is 30.4. The van der Waals surface area contributed by atoms with Crippen LogP contribution in [0.2, 0.25) is 0 Å². The number of nitrogens with zero attached hydrogens (tertiary/aromatic N) is 2. The molecule has 0 spiro atoms. The van der Waals surface area contributed by atoms with E-state index in [9.17, 15) is 17.8 Å². The number of benzene rings is 4. The van der Waals surface area contributed by atoms with Crippen LogP contribution in [0.3, 0.4) is 0 Å². The number of nitrogens with one attached hydrogen (secondary N) is 3. The minimum atomic E-state index is -4.27. The second-order valence-electron chi connectivity index (χ2n) is 11.2. The number of carbonyl (C=O) groups excluding carboxylic acids is 1. The van der Waals surface area contributed by atoms with Gasteiger partial charge in [0.05, 0.1) is 27.2 Å². The Kier molecular flexibility index (Phi) is 9.88. The molecule has 6 aromatic rings. The molecule has 1 amide bonds. The summed E-state index contributed by atoms with van der Waals surface area (Å²) in [5.74, 6) is -0.273. The molecule has 0 aliphatic rings. The number of nitrogens with two attached hydrogens (primary N) is 2. The quantitative estimate of drug-likeness (QED) is 0.0872. The molecule has 0 fully saturated rings. The normalized spacial score (nSPS) is 10.9. The molecular weight excluding hydrogens is 627 g/mol. The van der Waals surface area contributed by atoms with Crippen molar-refractivity contribution in [2.24, 2.45) is 14.1 Å². The molecule has 0 unspecified atom stereocenters. The second kappa shape index (κ2) is 14.2. The number of amides is 1. The predicted octanol–water partition coefficient (Wildman–Crippen LogP) is 5.29. The van der Waals surface area contributed by atoms with E-state index in [-0.39, 0.29) is 10.8 Å². The summed E-state index contributed by atoms with van der Waals surface area (Å²) in [6.45, 7) is 1.82. The van der Waals surface area contributed by atoms with Gasteiger partial charge in [-0.2, -0.15) is 0 Å². The number of hydrogen-bond acceptors (Lipinski definition) is 8. The number of nitrogen functional groups attached to an aromatic ring is 2. The number of hydrogen-bond donors (Lipinski definition) is 5. The van der Waals surface area contributed by atoms with Gasteiger partial charge in [0.1, 0.15) is 24.2 Å². The first-order valence-electron chi connectivity index (χ1n) is 14.9. The van der Waals surface area contributed by atoms with Gasteiger partial charge < -0.3 is 32.0 Å². The zero-order valence-electron chi connectivity index (χ0n) is 26.6. The minimum Gasteiger partial charge on any atom is -0.744 e. The Balaban J connectivity index is 0.000000349. The van der Waals surface area contributed by atoms with Crippen LogP contribution in [-0.4, -0.2) is 18.9 Å². The van der Waals surface area contributed by atoms with Crippen molar-refractivity contribution in [1.29, 1.82) is 0 Å². The molecule has 4 aromatic carbocycles. The van der Waals surface area contributed by atoms with Gasteiger partial charge in [0.25, 0.3) is 5.91 Å². The molecule has 0 aliphatic carbocycles. The molecule has 7 N–H and O–H groups in total. The molecule has 0 radical (unpaired) electrons. The molecule has 0 saturated carbocycles. The van der Waals surface area contributed by atoms with Gasteiger partial charge in [-0.25, -0.2) is 17.6 Å². The van der Waals surface area contributed by atoms with Crippen LogP contribution in [0.5, 0.6) is 0 Å². The summed E-state index contributed by atoms with van der Waals surface area (Å²) in [7, 11) is -0.310. The zero-order valence-corrected chi connectivity index (χ0v) is 27.5. The zero-order chi connectivity index (χ0) is 34.4. The first-order valence-corrected chi connectivity index (χ1v) is 16.3. The van der Waals surface area contributed by atoms with Crippen molar-refractivity contribution in [2.45, 2.75) is 11.8 Å². The fourth-order valence-corrected chi connectivity index (χ4v) is 5.31. The Morgan fingerprint density at radius 1 is 0.708 bits per heavy atom. The summed E-state index contributed by atoms with van der Waals surface area (Å²) < 4.78 is 35.2. The predicted molar refractivity (Wildman–Crippen MR) is 188 cm³/mol. The van der Waals surface area contributed by atoms with E-state index in [0.717, 1.165) is 39.2 Å². The summed E-state index contributed by atoms with van der Waals surface area (Å²) in [6.07, 6.45) is 5.92. The van der Waals surface area contributed by atoms with E-state index in [1.165, 1.54) is 12.1 Å². The van der Waals surface area contributed by atoms with Crippen molar-refractivity contribution in [3.8, 4) is 0 Å². The van der Waals surface area contributed by atoms with Gasteiger partial charge in [0.2, 0.25) is 5.52 Å². The maximum atomic E-state index is 12.9. The van der Waals surface area contributed by atoms with Crippen LogP contribution in [0.25, 0.3) is 10.9 Å². The van der Waals surface area contributed by atoms with Crippen molar-refractivity contribution < 1.29 is 26.9 Å². The SMILES string of the molecule is C[n+]1ccc(Nc2ccc(NC(=O)c3ccc(Nc4cc[n+](C)c5ccc(N)cc45)cc3N)cc2)cc1.Cc1ccc(S(=O)(=O)[O-])cc1. The van der Waals surface area contributed by atoms with Crippen LogP contribution in [0.4, 0.5) is 39.8 Å². The van der Waals surface area contributed by atoms with Crippen molar-refractivity contribution in [1.82, 2.24) is 0 Å². The van der Waals surface area contributed by atoms with Crippen LogP contribution >= 0.6 is 0 Å². The molecule has 244 valence electrons. The maximum absolute atomic E-state index is 12.9. The molecule has 0 aliphatic heterocycles. The number of carbonyl (C=O) groups is 1. The highest BCUT2D eigenvalue weighted by atomic mass is 32.2. The van der Waals surface area contributed by atoms with Crippen molar-refractivity contribution in [3.63, 3.8) is 0 Å². The maximum Gasteiger partial charge on any atom is 0.257 e. The second-order valence-corrected chi connectivity index (χ2v) is 12.6. The van der Waals surface area contributed by atoms with E-state index in [0.29, 0.717) is 22.6 Å². The molecule has 48 heavy (non-hydrogen) atoms. The van der Waals surface area contributed by atoms with E-state index in [4.69, 9.17) is 11.5 Å². The molecule has 2 aromatic heterocycles. The van der Waals surface area contributed by atoms with Gasteiger partial charge in [-0.3, -0.25) is 4.79 Å². The smallest absolute Gasteiger partial charge is 0.257 e. The van der Waals surface area contributed by atoms with Crippen molar-refractivity contribution >= 4 is 66.7 Å². The molecular formula is C36H36N7O4S+. The Labute approximate surface area is 279 Å². The Hall–Kier alpha value is -5.98. The number of aromatic nitrogens is 2. The molecule has 0 bridgehead atoms. The number of pyridine rings is 2. The van der Waals surface area contributed by atoms with Gasteiger partial charge in [-0.1, -0.05) is 17.7 Å². The van der Waals surface area contributed by atoms with E-state index in [1.54, 1.807) is 24.3 Å². The molecule has 11 nitrogen and oxygen atoms in total. The monoisotopic (exact) mass is 662 g/mol. The third-order valence-corrected chi connectivity index (χ3v) is 8.30. The lowest BCUT2D eigenvalue weighted by molar-refractivity contribution is -0.671. The van der Waals surface area contributed by atoms with Gasteiger partial charge in [-0.15, -0.1) is 0 Å². The van der Waals surface area contributed by atoms with Gasteiger partial charge in [0.15, 0.2) is 18.6 Å². The Morgan fingerprint density at radius 3 is 1.98 bits per heavy atom. The van der Waals surface area contributed by atoms with Gasteiger partial charge in [-0.05, 0) is 73.7 Å². The number of aryl methyl sites for hydroxylation is 3. The van der Waals surface area contributed by atoms with Crippen LogP contribution in [0.1, 0.15) is 15.9 Å². The standard InChI is InChI=1S/C29H27N7O.C7H8O3S/c1-35-14-11-22(12-15-35)32-20-4-6-21(7-5-20)34-29(37)24-9-8-23(18-26(24)31)33-27-13-16-36(2)28-10-3-19(30)17-25(27)28;1-6-2-4-7(5-3-6)11(8,9)10/h3-18H,30H2,1-2H3,(H3,31,34,37);2-5H,1H3,(H,8,9,10)/p+1. The van der Waals surface area contributed by atoms with Crippen molar-refractivity contribution in [2.75, 3.05) is 27.4 Å². The number of fused-ring (bicyclic) bond motifs is 1. The Morgan fingerprint density at radius 2 is 1.33 bits per heavy atom. The van der Waals surface area contributed by atoms with Gasteiger partial charge in [0, 0.05) is 52.7 Å². The summed E-state index contributed by atoms with van der Waals surface area (Å²) >= 11 is 0. The average molecular weight is 663 g/mol. The van der Waals surface area contributed by atoms with E-state index >= 15 is 0 Å². The highest BCUT2D eigenvalue weighted by Gasteiger charge is 2.14. The molecule has 0 saturated heterocycles. The van der Waals surface area contributed by atoms with E-state index in [1.807, 2.05) is 115 Å². The molecule has 0 atom stereocenters. The number of rotatable bonds is 7. The molecule has 2 heterocycles. The average Bonchev–Trinajstić information content (AvgIpc) is 3.04. The largest absolute Gasteiger partial charge is 0.744 e. The summed E-state index contributed by atoms with van der Waals surface area (Å²) in [5.41, 5.74) is 20.0. The lowest BCUT2D eigenvalue weighted by atomic mass is 10.1. The number of anilines is 7. The van der Waals surface area contributed by atoms with Crippen LogP contribution in [-0.2, 0) is 24.2 Å². The lowest BCUT2D eigenvalue weighted by Crippen LogP contribution is -2.28. The van der Waals surface area contributed by atoms with E-state index in [2.05, 4.69) is 16.0 Å². The van der Waals surface area contributed by atoms with Crippen LogP contribution < -0.4 is 36.6 Å². The molecule has 6 rings (SSSR count). The molecule has 12 heteroatoms. The summed E-state index contributed by atoms with van der Waals surface area (Å²) in [5, 5.41) is 10.6. The third-order valence-electron chi connectivity index (χ3n) is 7.45. The van der Waals surface area contributed by atoms with Crippen LogP contribution in [0, 0.1) is 6.92 Å². The lowest BCUT2D eigenvalue weighted by Gasteiger charge is -2.13. The van der Waals surface area contributed by atoms with Crippen molar-refractivity contribution in [3.05, 3.63) is 133 Å². The van der Waals surface area contributed by atoms with Crippen LogP contribution in [0.15, 0.2) is 127 Å². The van der Waals surface area contributed by atoms with E-state index < -0.39 is 10.1 Å². The third kappa shape index (κ3) is 8.43. The minimum absolute atomic E-state index is 0.178. The Bertz CT molecular complexity index is 2190. The highest BCUT2D eigenvalue weighted by Crippen LogP contribution is 2.28. The fourth-order valence-electron chi connectivity index (χ4n) is 4.84. The van der Waals surface area contributed by atoms with Gasteiger partial charge >= 0.3 is 0 Å². The first kappa shape index (κ1) is 33.4. The topological polar surface area (TPSA) is 170 Å².